The number of nitrogens with zero attached hydrogens (tertiary/aromatic N) is 2. The number of aliphatic hydroxyl groups is 1. The monoisotopic (exact) mass is 340 g/mol. The maximum Gasteiger partial charge on any atom is 0.227 e. The van der Waals surface area contributed by atoms with Crippen LogP contribution in [0.25, 0.3) is 0 Å². The van der Waals surface area contributed by atoms with Crippen molar-refractivity contribution in [2.45, 2.75) is 19.4 Å². The van der Waals surface area contributed by atoms with Crippen LogP contribution in [-0.4, -0.2) is 59.6 Å². The maximum atomic E-state index is 12.3. The minimum absolute atomic E-state index is 0.180. The third-order valence-electron chi connectivity index (χ3n) is 3.49. The number of hydrogen-bond donors (Lipinski definition) is 1. The quantitative estimate of drug-likeness (QED) is 0.903. The molecule has 20 heavy (non-hydrogen) atoms. The van der Waals surface area contributed by atoms with E-state index in [4.69, 9.17) is 0 Å². The number of benzene rings is 1. The predicted octanol–water partition coefficient (Wildman–Crippen LogP) is 1.52. The molecule has 0 saturated carbocycles. The molecular formula is C15H21BrN2O2. The number of aliphatic hydroxyl groups excluding tert-OH is 1. The molecule has 0 aliphatic carbocycles. The summed E-state index contributed by atoms with van der Waals surface area (Å²) in [6.07, 6.45) is 0.148. The van der Waals surface area contributed by atoms with Crippen molar-refractivity contribution in [1.82, 2.24) is 9.80 Å². The van der Waals surface area contributed by atoms with Gasteiger partial charge in [-0.1, -0.05) is 28.1 Å². The smallest absolute Gasteiger partial charge is 0.227 e. The molecule has 1 atom stereocenters. The van der Waals surface area contributed by atoms with Gasteiger partial charge in [-0.2, -0.15) is 0 Å². The summed E-state index contributed by atoms with van der Waals surface area (Å²) in [6.45, 7) is 5.67. The Kier molecular flexibility index (Phi) is 5.57. The molecule has 1 N–H and O–H groups in total. The third kappa shape index (κ3) is 4.58. The van der Waals surface area contributed by atoms with E-state index in [1.54, 1.807) is 6.92 Å². The molecule has 0 bridgehead atoms. The van der Waals surface area contributed by atoms with Crippen LogP contribution in [0, 0.1) is 0 Å². The molecule has 0 radical (unpaired) electrons. The zero-order valence-electron chi connectivity index (χ0n) is 11.8. The van der Waals surface area contributed by atoms with E-state index in [1.807, 2.05) is 29.2 Å². The largest absolute Gasteiger partial charge is 0.392 e. The highest BCUT2D eigenvalue weighted by Crippen LogP contribution is 2.13. The van der Waals surface area contributed by atoms with Crippen LogP contribution in [0.15, 0.2) is 28.7 Å². The lowest BCUT2D eigenvalue weighted by Crippen LogP contribution is -2.50. The Morgan fingerprint density at radius 3 is 2.65 bits per heavy atom. The van der Waals surface area contributed by atoms with Crippen LogP contribution in [0.3, 0.4) is 0 Å². The van der Waals surface area contributed by atoms with Crippen molar-refractivity contribution >= 4 is 21.8 Å². The van der Waals surface area contributed by atoms with Gasteiger partial charge in [-0.3, -0.25) is 9.69 Å². The summed E-state index contributed by atoms with van der Waals surface area (Å²) >= 11 is 3.42. The van der Waals surface area contributed by atoms with Crippen LogP contribution in [0.5, 0.6) is 0 Å². The second-order valence-electron chi connectivity index (χ2n) is 5.34. The zero-order valence-corrected chi connectivity index (χ0v) is 13.3. The van der Waals surface area contributed by atoms with Gasteiger partial charge in [0.15, 0.2) is 0 Å². The molecule has 0 spiro atoms. The Morgan fingerprint density at radius 2 is 2.05 bits per heavy atom. The first-order valence-electron chi connectivity index (χ1n) is 6.97. The van der Waals surface area contributed by atoms with Crippen LogP contribution >= 0.6 is 15.9 Å². The number of carbonyl (C=O) groups is 1. The van der Waals surface area contributed by atoms with Gasteiger partial charge < -0.3 is 10.0 Å². The molecule has 1 amide bonds. The Balaban J connectivity index is 1.83. The topological polar surface area (TPSA) is 43.8 Å². The molecule has 1 aliphatic heterocycles. The summed E-state index contributed by atoms with van der Waals surface area (Å²) in [5.41, 5.74) is 1.04. The van der Waals surface area contributed by atoms with Crippen LogP contribution in [0.2, 0.25) is 0 Å². The molecule has 1 aromatic carbocycles. The number of amides is 1. The fourth-order valence-corrected chi connectivity index (χ4v) is 2.93. The van der Waals surface area contributed by atoms with E-state index in [0.29, 0.717) is 13.0 Å². The highest BCUT2D eigenvalue weighted by atomic mass is 79.9. The second-order valence-corrected chi connectivity index (χ2v) is 6.25. The predicted molar refractivity (Wildman–Crippen MR) is 82.5 cm³/mol. The number of carbonyl (C=O) groups excluding carboxylic acids is 1. The number of piperazine rings is 1. The Labute approximate surface area is 128 Å². The molecule has 2 rings (SSSR count). The van der Waals surface area contributed by atoms with Gasteiger partial charge in [-0.05, 0) is 24.6 Å². The van der Waals surface area contributed by atoms with Crippen molar-refractivity contribution in [2.24, 2.45) is 0 Å². The molecule has 0 aromatic heterocycles. The standard InChI is InChI=1S/C15H21BrN2O2/c1-12(19)11-17-5-7-18(8-6-17)15(20)10-13-3-2-4-14(16)9-13/h2-4,9,12,19H,5-8,10-11H2,1H3/t12-/m0/s1. The van der Waals surface area contributed by atoms with E-state index in [1.165, 1.54) is 0 Å². The summed E-state index contributed by atoms with van der Waals surface area (Å²) in [7, 11) is 0. The molecule has 0 unspecified atom stereocenters. The first-order valence-corrected chi connectivity index (χ1v) is 7.76. The highest BCUT2D eigenvalue weighted by molar-refractivity contribution is 9.10. The Hall–Kier alpha value is -0.910. The van der Waals surface area contributed by atoms with E-state index in [-0.39, 0.29) is 12.0 Å². The molecule has 110 valence electrons. The summed E-state index contributed by atoms with van der Waals surface area (Å²) < 4.78 is 1.00. The summed E-state index contributed by atoms with van der Waals surface area (Å²) in [5, 5.41) is 9.37. The second kappa shape index (κ2) is 7.20. The van der Waals surface area contributed by atoms with Crippen molar-refractivity contribution < 1.29 is 9.90 Å². The van der Waals surface area contributed by atoms with E-state index >= 15 is 0 Å². The average Bonchev–Trinajstić information content (AvgIpc) is 2.38. The molecule has 1 aromatic rings. The fraction of sp³-hybridized carbons (Fsp3) is 0.533. The van der Waals surface area contributed by atoms with Crippen molar-refractivity contribution in [2.75, 3.05) is 32.7 Å². The lowest BCUT2D eigenvalue weighted by atomic mass is 10.1. The Morgan fingerprint density at radius 1 is 1.35 bits per heavy atom. The van der Waals surface area contributed by atoms with Gasteiger partial charge in [-0.25, -0.2) is 0 Å². The van der Waals surface area contributed by atoms with Gasteiger partial charge in [-0.15, -0.1) is 0 Å². The first-order chi connectivity index (χ1) is 9.54. The first kappa shape index (κ1) is 15.5. The van der Waals surface area contributed by atoms with Gasteiger partial charge in [0.05, 0.1) is 12.5 Å². The third-order valence-corrected chi connectivity index (χ3v) is 3.99. The lowest BCUT2D eigenvalue weighted by molar-refractivity contribution is -0.132. The molecule has 4 nitrogen and oxygen atoms in total. The number of hydrogen-bond acceptors (Lipinski definition) is 3. The van der Waals surface area contributed by atoms with Crippen LogP contribution in [-0.2, 0) is 11.2 Å². The van der Waals surface area contributed by atoms with Crippen molar-refractivity contribution in [3.63, 3.8) is 0 Å². The van der Waals surface area contributed by atoms with Crippen molar-refractivity contribution in [3.8, 4) is 0 Å². The molecule has 5 heteroatoms. The van der Waals surface area contributed by atoms with Crippen LogP contribution in [0.1, 0.15) is 12.5 Å². The van der Waals surface area contributed by atoms with E-state index < -0.39 is 0 Å². The van der Waals surface area contributed by atoms with Gasteiger partial charge >= 0.3 is 0 Å². The molecule has 1 saturated heterocycles. The number of rotatable bonds is 4. The van der Waals surface area contributed by atoms with Gasteiger partial charge in [0.25, 0.3) is 0 Å². The van der Waals surface area contributed by atoms with Crippen molar-refractivity contribution in [3.05, 3.63) is 34.3 Å². The van der Waals surface area contributed by atoms with Gasteiger partial charge in [0.2, 0.25) is 5.91 Å². The lowest BCUT2D eigenvalue weighted by Gasteiger charge is -2.35. The number of β-amino-alcohol motifs (C(OH)–C–C–N with tert-alkyl or cyclic N) is 1. The average molecular weight is 341 g/mol. The minimum Gasteiger partial charge on any atom is -0.392 e. The summed E-state index contributed by atoms with van der Waals surface area (Å²) in [4.78, 5) is 16.4. The summed E-state index contributed by atoms with van der Waals surface area (Å²) in [5.74, 6) is 0.180. The molecule has 1 fully saturated rings. The Bertz CT molecular complexity index is 457. The van der Waals surface area contributed by atoms with Crippen molar-refractivity contribution in [1.29, 1.82) is 0 Å². The summed E-state index contributed by atoms with van der Waals surface area (Å²) in [6, 6.07) is 7.88. The minimum atomic E-state index is -0.307. The highest BCUT2D eigenvalue weighted by Gasteiger charge is 2.21. The molecular weight excluding hydrogens is 320 g/mol. The normalized spacial score (nSPS) is 18.1. The molecule has 1 heterocycles. The van der Waals surface area contributed by atoms with E-state index in [0.717, 1.165) is 36.2 Å². The molecule has 1 aliphatic rings. The number of halogens is 1. The van der Waals surface area contributed by atoms with Crippen LogP contribution in [0.4, 0.5) is 0 Å². The van der Waals surface area contributed by atoms with E-state index in [2.05, 4.69) is 20.8 Å². The fourth-order valence-electron chi connectivity index (χ4n) is 2.49. The van der Waals surface area contributed by atoms with E-state index in [9.17, 15) is 9.90 Å². The van der Waals surface area contributed by atoms with Gasteiger partial charge in [0, 0.05) is 37.2 Å². The van der Waals surface area contributed by atoms with Crippen LogP contribution < -0.4 is 0 Å². The zero-order chi connectivity index (χ0) is 14.5. The maximum absolute atomic E-state index is 12.3. The van der Waals surface area contributed by atoms with Gasteiger partial charge in [0.1, 0.15) is 0 Å². The SMILES string of the molecule is C[C@H](O)CN1CCN(C(=O)Cc2cccc(Br)c2)CC1.